The number of hydrogen-bond donors (Lipinski definition) is 0. The fourth-order valence-corrected chi connectivity index (χ4v) is 11.6. The van der Waals surface area contributed by atoms with Crippen molar-refractivity contribution in [3.05, 3.63) is 301 Å². The lowest BCUT2D eigenvalue weighted by molar-refractivity contribution is 0.753. The predicted octanol–water partition coefficient (Wildman–Crippen LogP) is 17.7. The van der Waals surface area contributed by atoms with Gasteiger partial charge in [-0.15, -0.1) is 0 Å². The lowest BCUT2D eigenvalue weighted by Gasteiger charge is -2.45. The molecule has 346 valence electrons. The van der Waals surface area contributed by atoms with Gasteiger partial charge in [0.05, 0.1) is 16.8 Å². The maximum Gasteiger partial charge on any atom is 0.164 e. The largest absolute Gasteiger partial charge is 0.310 e. The standard InChI is InChI=1S/C70H46N4/c1-4-19-47(20-5-1)49-35-39-51(40-36-49)67-71-68(52-41-37-50(38-42-52)48-21-6-2-7-22-48)73-69(72-67)60-29-11-10-27-57(60)55-24-18-23-53(45-55)54-43-44-59-58-28-12-13-30-61(58)70(64(59)46-54)62-31-14-16-33-65(62)74(56-25-8-3-9-26-56)66-34-17-15-32-63(66)70/h1-46H. The zero-order valence-corrected chi connectivity index (χ0v) is 40.3. The number of aromatic nitrogens is 3. The highest BCUT2D eigenvalue weighted by molar-refractivity contribution is 5.97. The summed E-state index contributed by atoms with van der Waals surface area (Å²) in [5.74, 6) is 1.85. The van der Waals surface area contributed by atoms with Crippen LogP contribution < -0.4 is 4.90 Å². The molecule has 2 aliphatic rings. The molecule has 0 unspecified atom stereocenters. The van der Waals surface area contributed by atoms with E-state index in [1.807, 2.05) is 12.1 Å². The van der Waals surface area contributed by atoms with E-state index in [-0.39, 0.29) is 0 Å². The van der Waals surface area contributed by atoms with E-state index in [0.717, 1.165) is 66.9 Å². The van der Waals surface area contributed by atoms with Crippen LogP contribution in [0.4, 0.5) is 17.1 Å². The Morgan fingerprint density at radius 2 is 0.622 bits per heavy atom. The van der Waals surface area contributed by atoms with E-state index in [9.17, 15) is 0 Å². The fourth-order valence-electron chi connectivity index (χ4n) is 11.6. The third-order valence-corrected chi connectivity index (χ3v) is 15.0. The molecule has 11 aromatic carbocycles. The van der Waals surface area contributed by atoms with Crippen LogP contribution in [0.5, 0.6) is 0 Å². The Labute approximate surface area is 431 Å². The van der Waals surface area contributed by atoms with E-state index in [1.165, 1.54) is 44.8 Å². The molecule has 74 heavy (non-hydrogen) atoms. The second-order valence-corrected chi connectivity index (χ2v) is 19.1. The topological polar surface area (TPSA) is 41.9 Å². The van der Waals surface area contributed by atoms with Gasteiger partial charge in [0, 0.05) is 22.4 Å². The fraction of sp³-hybridized carbons (Fsp3) is 0.0143. The lowest BCUT2D eigenvalue weighted by atomic mass is 9.64. The van der Waals surface area contributed by atoms with Gasteiger partial charge in [-0.05, 0) is 114 Å². The second kappa shape index (κ2) is 17.8. The van der Waals surface area contributed by atoms with Gasteiger partial charge in [-0.2, -0.15) is 0 Å². The zero-order valence-electron chi connectivity index (χ0n) is 40.3. The summed E-state index contributed by atoms with van der Waals surface area (Å²) in [6, 6.07) is 100. The molecular weight excluding hydrogens is 897 g/mol. The average molecular weight is 943 g/mol. The summed E-state index contributed by atoms with van der Waals surface area (Å²) < 4.78 is 0. The van der Waals surface area contributed by atoms with Crippen LogP contribution in [0.2, 0.25) is 0 Å². The summed E-state index contributed by atoms with van der Waals surface area (Å²) in [5, 5.41) is 0. The Hall–Kier alpha value is -9.77. The summed E-state index contributed by atoms with van der Waals surface area (Å²) in [6.07, 6.45) is 0. The normalized spacial score (nSPS) is 12.7. The van der Waals surface area contributed by atoms with Crippen molar-refractivity contribution in [2.75, 3.05) is 4.90 Å². The first-order chi connectivity index (χ1) is 36.7. The molecule has 4 heteroatoms. The number of nitrogens with zero attached hydrogens (tertiary/aromatic N) is 4. The van der Waals surface area contributed by atoms with Crippen LogP contribution in [0.3, 0.4) is 0 Å². The molecule has 0 atom stereocenters. The SMILES string of the molecule is c1ccc(-c2ccc(-c3nc(-c4ccc(-c5ccccc5)cc4)nc(-c4ccccc4-c4cccc(-c5ccc6c(c5)C5(c7ccccc7-6)c6ccccc6N(c6ccccc6)c6ccccc65)c4)n3)cc2)cc1. The predicted molar refractivity (Wildman–Crippen MR) is 303 cm³/mol. The minimum Gasteiger partial charge on any atom is -0.310 e. The van der Waals surface area contributed by atoms with E-state index in [2.05, 4.69) is 272 Å². The quantitative estimate of drug-likeness (QED) is 0.152. The van der Waals surface area contributed by atoms with Crippen LogP contribution in [0.15, 0.2) is 279 Å². The molecule has 1 aromatic heterocycles. The van der Waals surface area contributed by atoms with E-state index >= 15 is 0 Å². The average Bonchev–Trinajstić information content (AvgIpc) is 3.78. The molecule has 4 nitrogen and oxygen atoms in total. The molecule has 0 bridgehead atoms. The van der Waals surface area contributed by atoms with Gasteiger partial charge in [0.1, 0.15) is 0 Å². The van der Waals surface area contributed by atoms with Gasteiger partial charge in [0.25, 0.3) is 0 Å². The highest BCUT2D eigenvalue weighted by Crippen LogP contribution is 2.63. The summed E-state index contributed by atoms with van der Waals surface area (Å²) >= 11 is 0. The molecule has 1 spiro atoms. The maximum absolute atomic E-state index is 5.28. The second-order valence-electron chi connectivity index (χ2n) is 19.1. The maximum atomic E-state index is 5.28. The van der Waals surface area contributed by atoms with E-state index in [0.29, 0.717) is 17.5 Å². The Balaban J connectivity index is 0.893. The smallest absolute Gasteiger partial charge is 0.164 e. The van der Waals surface area contributed by atoms with E-state index in [1.54, 1.807) is 0 Å². The molecule has 1 aliphatic heterocycles. The van der Waals surface area contributed by atoms with Gasteiger partial charge >= 0.3 is 0 Å². The third kappa shape index (κ3) is 7.10. The van der Waals surface area contributed by atoms with Crippen LogP contribution in [-0.2, 0) is 5.41 Å². The van der Waals surface area contributed by atoms with Crippen LogP contribution in [0, 0.1) is 0 Å². The molecule has 0 saturated carbocycles. The van der Waals surface area contributed by atoms with Gasteiger partial charge in [-0.1, -0.05) is 243 Å². The van der Waals surface area contributed by atoms with Crippen molar-refractivity contribution in [3.8, 4) is 89.8 Å². The first-order valence-electron chi connectivity index (χ1n) is 25.3. The van der Waals surface area contributed by atoms with E-state index < -0.39 is 5.41 Å². The van der Waals surface area contributed by atoms with Gasteiger partial charge in [0.2, 0.25) is 0 Å². The Morgan fingerprint density at radius 3 is 1.22 bits per heavy atom. The number of fused-ring (bicyclic) bond motifs is 9. The monoisotopic (exact) mass is 942 g/mol. The molecule has 14 rings (SSSR count). The molecule has 1 aliphatic carbocycles. The first-order valence-corrected chi connectivity index (χ1v) is 25.3. The summed E-state index contributed by atoms with van der Waals surface area (Å²) in [5.41, 5.74) is 22.4. The van der Waals surface area contributed by atoms with Crippen molar-refractivity contribution in [3.63, 3.8) is 0 Å². The highest BCUT2D eigenvalue weighted by Gasteiger charge is 2.51. The number of benzene rings is 11. The van der Waals surface area contributed by atoms with Crippen LogP contribution in [0.1, 0.15) is 22.3 Å². The van der Waals surface area contributed by atoms with E-state index in [4.69, 9.17) is 15.0 Å². The number of rotatable bonds is 8. The molecule has 0 N–H and O–H groups in total. The first kappa shape index (κ1) is 43.1. The van der Waals surface area contributed by atoms with Gasteiger partial charge in [-0.3, -0.25) is 0 Å². The summed E-state index contributed by atoms with van der Waals surface area (Å²) in [4.78, 5) is 18.2. The van der Waals surface area contributed by atoms with Gasteiger partial charge in [0.15, 0.2) is 17.5 Å². The van der Waals surface area contributed by atoms with Crippen molar-refractivity contribution in [1.82, 2.24) is 15.0 Å². The zero-order chi connectivity index (χ0) is 49.0. The highest BCUT2D eigenvalue weighted by atomic mass is 15.2. The Morgan fingerprint density at radius 1 is 0.230 bits per heavy atom. The van der Waals surface area contributed by atoms with Crippen molar-refractivity contribution >= 4 is 17.1 Å². The van der Waals surface area contributed by atoms with Crippen LogP contribution in [-0.4, -0.2) is 15.0 Å². The molecule has 0 fully saturated rings. The minimum absolute atomic E-state index is 0.553. The van der Waals surface area contributed by atoms with Crippen molar-refractivity contribution in [2.45, 2.75) is 5.41 Å². The van der Waals surface area contributed by atoms with Crippen LogP contribution >= 0.6 is 0 Å². The number of anilines is 3. The number of para-hydroxylation sites is 3. The van der Waals surface area contributed by atoms with Crippen LogP contribution in [0.25, 0.3) is 89.8 Å². The van der Waals surface area contributed by atoms with Gasteiger partial charge in [-0.25, -0.2) is 15.0 Å². The Bertz CT molecular complexity index is 3910. The molecular formula is C70H46N4. The molecule has 0 amide bonds. The summed E-state index contributed by atoms with van der Waals surface area (Å²) in [6.45, 7) is 0. The van der Waals surface area contributed by atoms with Crippen molar-refractivity contribution in [2.24, 2.45) is 0 Å². The Kier molecular flexibility index (Phi) is 10.4. The van der Waals surface area contributed by atoms with Crippen molar-refractivity contribution < 1.29 is 0 Å². The number of hydrogen-bond acceptors (Lipinski definition) is 4. The lowest BCUT2D eigenvalue weighted by Crippen LogP contribution is -2.36. The third-order valence-electron chi connectivity index (χ3n) is 15.0. The molecule has 2 heterocycles. The molecule has 0 radical (unpaired) electrons. The molecule has 0 saturated heterocycles. The molecule has 12 aromatic rings. The summed E-state index contributed by atoms with van der Waals surface area (Å²) in [7, 11) is 0. The minimum atomic E-state index is -0.553. The van der Waals surface area contributed by atoms with Crippen molar-refractivity contribution in [1.29, 1.82) is 0 Å². The van der Waals surface area contributed by atoms with Gasteiger partial charge < -0.3 is 4.90 Å².